The summed E-state index contributed by atoms with van der Waals surface area (Å²) in [5.74, 6) is 0.457. The summed E-state index contributed by atoms with van der Waals surface area (Å²) in [7, 11) is 3.05. The van der Waals surface area contributed by atoms with Crippen LogP contribution in [0.25, 0.3) is 0 Å². The number of hydrogen-bond acceptors (Lipinski definition) is 4. The summed E-state index contributed by atoms with van der Waals surface area (Å²) >= 11 is 2.08. The second-order valence-electron chi connectivity index (χ2n) is 4.78. The quantitative estimate of drug-likeness (QED) is 0.678. The van der Waals surface area contributed by atoms with Gasteiger partial charge in [-0.25, -0.2) is 0 Å². The van der Waals surface area contributed by atoms with Gasteiger partial charge in [0.1, 0.15) is 11.5 Å². The zero-order chi connectivity index (χ0) is 17.5. The molecule has 0 heterocycles. The maximum absolute atomic E-state index is 12.1. The summed E-state index contributed by atoms with van der Waals surface area (Å²) in [6.45, 7) is -0.140. The molecule has 0 fully saturated rings. The van der Waals surface area contributed by atoms with Crippen LogP contribution >= 0.6 is 22.6 Å². The molecule has 0 spiro atoms. The lowest BCUT2D eigenvalue weighted by Crippen LogP contribution is -2.33. The Morgan fingerprint density at radius 1 is 1.08 bits per heavy atom. The largest absolute Gasteiger partial charge is 0.497 e. The topological polar surface area (TPSA) is 76.7 Å². The number of amides is 2. The van der Waals surface area contributed by atoms with Crippen molar-refractivity contribution in [1.29, 1.82) is 0 Å². The molecular weight excluding hydrogens is 423 g/mol. The standard InChI is InChI=1S/C17H17IN2O4/c1-23-11-7-8-14(15(9-11)24-2)20-16(21)10-19-17(22)12-5-3-4-6-13(12)18/h3-9H,10H2,1-2H3,(H,19,22)(H,20,21). The monoisotopic (exact) mass is 440 g/mol. The molecule has 6 nitrogen and oxygen atoms in total. The van der Waals surface area contributed by atoms with Gasteiger partial charge in [0.05, 0.1) is 32.0 Å². The third-order valence-electron chi connectivity index (χ3n) is 3.21. The van der Waals surface area contributed by atoms with Gasteiger partial charge in [-0.15, -0.1) is 0 Å². The average Bonchev–Trinajstić information content (AvgIpc) is 2.60. The fourth-order valence-corrected chi connectivity index (χ4v) is 2.63. The normalized spacial score (nSPS) is 9.96. The maximum Gasteiger partial charge on any atom is 0.252 e. The first kappa shape index (κ1) is 18.1. The van der Waals surface area contributed by atoms with Gasteiger partial charge in [0.25, 0.3) is 5.91 Å². The Balaban J connectivity index is 1.96. The molecule has 0 saturated carbocycles. The molecule has 24 heavy (non-hydrogen) atoms. The number of hydrogen-bond donors (Lipinski definition) is 2. The molecule has 0 aromatic heterocycles. The van der Waals surface area contributed by atoms with E-state index in [1.165, 1.54) is 7.11 Å². The Labute approximate surface area is 153 Å². The lowest BCUT2D eigenvalue weighted by Gasteiger charge is -2.12. The number of carbonyl (C=O) groups excluding carboxylic acids is 2. The van der Waals surface area contributed by atoms with E-state index in [4.69, 9.17) is 9.47 Å². The maximum atomic E-state index is 12.1. The van der Waals surface area contributed by atoms with Gasteiger partial charge in [-0.1, -0.05) is 12.1 Å². The van der Waals surface area contributed by atoms with Crippen molar-refractivity contribution < 1.29 is 19.1 Å². The van der Waals surface area contributed by atoms with Crippen LogP contribution in [0.2, 0.25) is 0 Å². The van der Waals surface area contributed by atoms with Crippen LogP contribution in [0.5, 0.6) is 11.5 Å². The molecule has 0 saturated heterocycles. The predicted molar refractivity (Wildman–Crippen MR) is 99.7 cm³/mol. The van der Waals surface area contributed by atoms with Gasteiger partial charge in [-0.2, -0.15) is 0 Å². The van der Waals surface area contributed by atoms with E-state index < -0.39 is 0 Å². The molecule has 0 aliphatic heterocycles. The van der Waals surface area contributed by atoms with Crippen LogP contribution in [0.15, 0.2) is 42.5 Å². The second kappa shape index (κ2) is 8.53. The number of benzene rings is 2. The summed E-state index contributed by atoms with van der Waals surface area (Å²) in [6, 6.07) is 12.2. The van der Waals surface area contributed by atoms with Crippen molar-refractivity contribution >= 4 is 40.1 Å². The van der Waals surface area contributed by atoms with Crippen molar-refractivity contribution in [3.8, 4) is 11.5 Å². The molecule has 0 aliphatic rings. The van der Waals surface area contributed by atoms with E-state index in [1.807, 2.05) is 12.1 Å². The predicted octanol–water partition coefficient (Wildman–Crippen LogP) is 2.68. The van der Waals surface area contributed by atoms with Crippen LogP contribution in [0.4, 0.5) is 5.69 Å². The van der Waals surface area contributed by atoms with Crippen molar-refractivity contribution in [2.24, 2.45) is 0 Å². The van der Waals surface area contributed by atoms with Crippen molar-refractivity contribution in [3.05, 3.63) is 51.6 Å². The smallest absolute Gasteiger partial charge is 0.252 e. The molecule has 0 atom stereocenters. The SMILES string of the molecule is COc1ccc(NC(=O)CNC(=O)c2ccccc2I)c(OC)c1. The van der Waals surface area contributed by atoms with Crippen molar-refractivity contribution in [1.82, 2.24) is 5.32 Å². The molecule has 2 rings (SSSR count). The minimum atomic E-state index is -0.349. The molecule has 2 N–H and O–H groups in total. The summed E-state index contributed by atoms with van der Waals surface area (Å²) in [5.41, 5.74) is 1.04. The number of carbonyl (C=O) groups is 2. The van der Waals surface area contributed by atoms with Crippen LogP contribution in [-0.4, -0.2) is 32.6 Å². The zero-order valence-corrected chi connectivity index (χ0v) is 15.4. The zero-order valence-electron chi connectivity index (χ0n) is 13.3. The van der Waals surface area contributed by atoms with Crippen molar-refractivity contribution in [2.75, 3.05) is 26.1 Å². The first-order valence-corrected chi connectivity index (χ1v) is 8.17. The number of ether oxygens (including phenoxy) is 2. The minimum absolute atomic E-state index is 0.140. The van der Waals surface area contributed by atoms with E-state index >= 15 is 0 Å². The van der Waals surface area contributed by atoms with E-state index in [1.54, 1.807) is 37.4 Å². The lowest BCUT2D eigenvalue weighted by atomic mass is 10.2. The lowest BCUT2D eigenvalue weighted by molar-refractivity contribution is -0.115. The molecule has 0 unspecified atom stereocenters. The number of halogens is 1. The highest BCUT2D eigenvalue weighted by Gasteiger charge is 2.12. The highest BCUT2D eigenvalue weighted by atomic mass is 127. The van der Waals surface area contributed by atoms with Crippen LogP contribution in [-0.2, 0) is 4.79 Å². The van der Waals surface area contributed by atoms with Crippen LogP contribution in [0, 0.1) is 3.57 Å². The van der Waals surface area contributed by atoms with Crippen LogP contribution < -0.4 is 20.1 Å². The number of methoxy groups -OCH3 is 2. The molecule has 126 valence electrons. The summed E-state index contributed by atoms with van der Waals surface area (Å²) in [6.07, 6.45) is 0. The van der Waals surface area contributed by atoms with Crippen molar-refractivity contribution in [3.63, 3.8) is 0 Å². The van der Waals surface area contributed by atoms with E-state index in [9.17, 15) is 9.59 Å². The third kappa shape index (κ3) is 4.60. The molecule has 7 heteroatoms. The first-order valence-electron chi connectivity index (χ1n) is 7.09. The van der Waals surface area contributed by atoms with E-state index in [0.29, 0.717) is 22.7 Å². The van der Waals surface area contributed by atoms with Gasteiger partial charge in [0, 0.05) is 9.64 Å². The molecule has 0 radical (unpaired) electrons. The van der Waals surface area contributed by atoms with Gasteiger partial charge in [-0.3, -0.25) is 9.59 Å². The van der Waals surface area contributed by atoms with Gasteiger partial charge in [0.15, 0.2) is 0 Å². The van der Waals surface area contributed by atoms with Crippen molar-refractivity contribution in [2.45, 2.75) is 0 Å². The third-order valence-corrected chi connectivity index (χ3v) is 4.15. The molecule has 2 aromatic rings. The fraction of sp³-hybridized carbons (Fsp3) is 0.176. The average molecular weight is 440 g/mol. The fourth-order valence-electron chi connectivity index (χ4n) is 2.00. The first-order chi connectivity index (χ1) is 11.5. The number of anilines is 1. The molecule has 2 amide bonds. The van der Waals surface area contributed by atoms with E-state index in [0.717, 1.165) is 3.57 Å². The highest BCUT2D eigenvalue weighted by Crippen LogP contribution is 2.28. The summed E-state index contributed by atoms with van der Waals surface area (Å²) in [4.78, 5) is 24.1. The number of nitrogens with one attached hydrogen (secondary N) is 2. The molecular formula is C17H17IN2O4. The molecule has 0 bridgehead atoms. The van der Waals surface area contributed by atoms with Gasteiger partial charge in [-0.05, 0) is 46.9 Å². The highest BCUT2D eigenvalue weighted by molar-refractivity contribution is 14.1. The van der Waals surface area contributed by atoms with Crippen LogP contribution in [0.3, 0.4) is 0 Å². The molecule has 2 aromatic carbocycles. The van der Waals surface area contributed by atoms with Gasteiger partial charge >= 0.3 is 0 Å². The van der Waals surface area contributed by atoms with E-state index in [-0.39, 0.29) is 18.4 Å². The minimum Gasteiger partial charge on any atom is -0.497 e. The van der Waals surface area contributed by atoms with E-state index in [2.05, 4.69) is 33.2 Å². The second-order valence-corrected chi connectivity index (χ2v) is 5.94. The molecule has 0 aliphatic carbocycles. The van der Waals surface area contributed by atoms with Crippen LogP contribution in [0.1, 0.15) is 10.4 Å². The summed E-state index contributed by atoms with van der Waals surface area (Å²) in [5, 5.41) is 5.30. The Morgan fingerprint density at radius 3 is 2.50 bits per heavy atom. The number of rotatable bonds is 6. The Kier molecular flexibility index (Phi) is 6.42. The Morgan fingerprint density at radius 2 is 1.83 bits per heavy atom. The Hall–Kier alpha value is -2.29. The Bertz CT molecular complexity index is 749. The summed E-state index contributed by atoms with van der Waals surface area (Å²) < 4.78 is 11.1. The van der Waals surface area contributed by atoms with Gasteiger partial charge < -0.3 is 20.1 Å². The van der Waals surface area contributed by atoms with Gasteiger partial charge in [0.2, 0.25) is 5.91 Å².